The molecule has 0 aliphatic rings. The van der Waals surface area contributed by atoms with Gasteiger partial charge in [0.2, 0.25) is 0 Å². The average molecular weight is 305 g/mol. The Hall–Kier alpha value is -1.99. The summed E-state index contributed by atoms with van der Waals surface area (Å²) in [5.74, 6) is 5.23. The number of nitrogens with zero attached hydrogens (tertiary/aromatic N) is 2. The molecule has 0 saturated heterocycles. The predicted molar refractivity (Wildman–Crippen MR) is 84.2 cm³/mol. The summed E-state index contributed by atoms with van der Waals surface area (Å²) in [6.45, 7) is 5.83. The van der Waals surface area contributed by atoms with Crippen LogP contribution in [-0.4, -0.2) is 15.9 Å². The number of nitrogens with one attached hydrogen (secondary N) is 2. The van der Waals surface area contributed by atoms with Gasteiger partial charge in [-0.2, -0.15) is 0 Å². The number of carbonyl (C=O) groups is 1. The molecule has 112 valence electrons. The second kappa shape index (κ2) is 6.64. The summed E-state index contributed by atoms with van der Waals surface area (Å²) in [5.41, 5.74) is 4.30. The zero-order valence-electron chi connectivity index (χ0n) is 12.3. The first kappa shape index (κ1) is 15.4. The minimum absolute atomic E-state index is 0.158. The highest BCUT2D eigenvalue weighted by molar-refractivity contribution is 7.11. The minimum Gasteiger partial charge on any atom is -0.343 e. The van der Waals surface area contributed by atoms with Crippen molar-refractivity contribution in [2.24, 2.45) is 5.84 Å². The van der Waals surface area contributed by atoms with E-state index in [4.69, 9.17) is 5.84 Å². The van der Waals surface area contributed by atoms with E-state index in [2.05, 4.69) is 27.6 Å². The third-order valence-corrected chi connectivity index (χ3v) is 4.40. The summed E-state index contributed by atoms with van der Waals surface area (Å²) < 4.78 is 0. The van der Waals surface area contributed by atoms with Crippen LogP contribution in [0, 0.1) is 6.92 Å². The first-order chi connectivity index (χ1) is 10.0. The van der Waals surface area contributed by atoms with Crippen LogP contribution in [0.3, 0.4) is 0 Å². The summed E-state index contributed by atoms with van der Waals surface area (Å²) >= 11 is 1.61. The third-order valence-electron chi connectivity index (χ3n) is 3.08. The van der Waals surface area contributed by atoms with E-state index < -0.39 is 0 Å². The number of carbonyl (C=O) groups excluding carboxylic acids is 1. The van der Waals surface area contributed by atoms with Gasteiger partial charge in [-0.1, -0.05) is 6.92 Å². The maximum Gasteiger partial charge on any atom is 0.255 e. The Labute approximate surface area is 127 Å². The van der Waals surface area contributed by atoms with Crippen LogP contribution in [0.5, 0.6) is 0 Å². The molecule has 21 heavy (non-hydrogen) atoms. The number of aromatic nitrogens is 2. The summed E-state index contributed by atoms with van der Waals surface area (Å²) in [7, 11) is 0. The van der Waals surface area contributed by atoms with Crippen molar-refractivity contribution < 1.29 is 4.79 Å². The molecule has 4 N–H and O–H groups in total. The van der Waals surface area contributed by atoms with Crippen molar-refractivity contribution in [3.8, 4) is 0 Å². The maximum absolute atomic E-state index is 12.3. The number of amides is 1. The number of anilines is 1. The summed E-state index contributed by atoms with van der Waals surface area (Å²) in [6, 6.07) is 1.58. The van der Waals surface area contributed by atoms with Crippen LogP contribution in [0.1, 0.15) is 45.8 Å². The fourth-order valence-electron chi connectivity index (χ4n) is 1.88. The normalized spacial score (nSPS) is 12.0. The van der Waals surface area contributed by atoms with Crippen molar-refractivity contribution in [2.45, 2.75) is 33.2 Å². The molecule has 2 aromatic rings. The molecule has 7 heteroatoms. The molecule has 0 spiro atoms. The van der Waals surface area contributed by atoms with Gasteiger partial charge >= 0.3 is 0 Å². The molecule has 0 radical (unpaired) electrons. The van der Waals surface area contributed by atoms with E-state index >= 15 is 0 Å². The van der Waals surface area contributed by atoms with E-state index in [-0.39, 0.29) is 11.9 Å². The molecule has 6 nitrogen and oxygen atoms in total. The van der Waals surface area contributed by atoms with Crippen LogP contribution in [0.4, 0.5) is 5.69 Å². The molecular weight excluding hydrogens is 286 g/mol. The Balaban J connectivity index is 2.14. The zero-order chi connectivity index (χ0) is 15.4. The van der Waals surface area contributed by atoms with Crippen molar-refractivity contribution in [3.63, 3.8) is 0 Å². The van der Waals surface area contributed by atoms with E-state index in [1.807, 2.05) is 20.0 Å². The first-order valence-electron chi connectivity index (χ1n) is 6.73. The monoisotopic (exact) mass is 305 g/mol. The minimum atomic E-state index is -0.226. The molecule has 0 aliphatic carbocycles. The number of hydrazine groups is 1. The molecule has 1 atom stereocenters. The number of hydrogen-bond acceptors (Lipinski definition) is 6. The lowest BCUT2D eigenvalue weighted by Gasteiger charge is -2.13. The second-order valence-electron chi connectivity index (χ2n) is 4.73. The predicted octanol–water partition coefficient (Wildman–Crippen LogP) is 2.19. The lowest BCUT2D eigenvalue weighted by Crippen LogP contribution is -2.28. The molecule has 1 unspecified atom stereocenters. The van der Waals surface area contributed by atoms with Crippen LogP contribution in [-0.2, 0) is 6.42 Å². The van der Waals surface area contributed by atoms with Crippen LogP contribution in [0.15, 0.2) is 18.5 Å². The number of thiazole rings is 1. The standard InChI is InChI=1S/C14H19N5OS/c1-4-10-6-17-14(21-10)9(3)18-13(20)11-7-16-8(2)5-12(11)19-15/h5-7,9H,4,15H2,1-3H3,(H,16,19)(H,18,20). The Morgan fingerprint density at radius 3 is 2.81 bits per heavy atom. The van der Waals surface area contributed by atoms with Crippen molar-refractivity contribution in [1.29, 1.82) is 0 Å². The van der Waals surface area contributed by atoms with Gasteiger partial charge in [-0.05, 0) is 26.3 Å². The van der Waals surface area contributed by atoms with Crippen molar-refractivity contribution in [2.75, 3.05) is 5.43 Å². The van der Waals surface area contributed by atoms with Gasteiger partial charge in [0.25, 0.3) is 5.91 Å². The van der Waals surface area contributed by atoms with Gasteiger partial charge in [-0.3, -0.25) is 15.6 Å². The number of pyridine rings is 1. The van der Waals surface area contributed by atoms with Crippen molar-refractivity contribution >= 4 is 22.9 Å². The van der Waals surface area contributed by atoms with Gasteiger partial charge in [0.15, 0.2) is 0 Å². The molecule has 0 aromatic carbocycles. The Bertz CT molecular complexity index is 640. The molecule has 2 heterocycles. The average Bonchev–Trinajstić information content (AvgIpc) is 2.95. The van der Waals surface area contributed by atoms with Crippen LogP contribution >= 0.6 is 11.3 Å². The lowest BCUT2D eigenvalue weighted by molar-refractivity contribution is 0.0940. The van der Waals surface area contributed by atoms with Gasteiger partial charge in [0, 0.05) is 23.0 Å². The van der Waals surface area contributed by atoms with Gasteiger partial charge in [-0.15, -0.1) is 11.3 Å². The van der Waals surface area contributed by atoms with Crippen molar-refractivity contribution in [3.05, 3.63) is 39.6 Å². The SMILES string of the molecule is CCc1cnc(C(C)NC(=O)c2cnc(C)cc2NN)s1. The van der Waals surface area contributed by atoms with E-state index in [0.29, 0.717) is 11.3 Å². The van der Waals surface area contributed by atoms with Gasteiger partial charge in [0.1, 0.15) is 5.01 Å². The van der Waals surface area contributed by atoms with E-state index in [1.54, 1.807) is 17.4 Å². The molecule has 0 fully saturated rings. The molecule has 1 amide bonds. The Kier molecular flexibility index (Phi) is 4.87. The molecule has 0 bridgehead atoms. The zero-order valence-corrected chi connectivity index (χ0v) is 13.1. The van der Waals surface area contributed by atoms with Gasteiger partial charge in [-0.25, -0.2) is 4.98 Å². The van der Waals surface area contributed by atoms with Crippen LogP contribution in [0.25, 0.3) is 0 Å². The van der Waals surface area contributed by atoms with E-state index in [9.17, 15) is 4.79 Å². The molecule has 0 aliphatic heterocycles. The van der Waals surface area contributed by atoms with E-state index in [0.717, 1.165) is 17.1 Å². The number of rotatable bonds is 5. The molecular formula is C14H19N5OS. The highest BCUT2D eigenvalue weighted by Gasteiger charge is 2.17. The van der Waals surface area contributed by atoms with Gasteiger partial charge < -0.3 is 10.7 Å². The quantitative estimate of drug-likeness (QED) is 0.581. The molecule has 2 rings (SSSR count). The largest absolute Gasteiger partial charge is 0.343 e. The number of nitrogen functional groups attached to an aromatic ring is 1. The first-order valence-corrected chi connectivity index (χ1v) is 7.55. The summed E-state index contributed by atoms with van der Waals surface area (Å²) in [6.07, 6.45) is 4.32. The Morgan fingerprint density at radius 1 is 1.43 bits per heavy atom. The number of hydrogen-bond donors (Lipinski definition) is 3. The second-order valence-corrected chi connectivity index (χ2v) is 5.88. The fourth-order valence-corrected chi connectivity index (χ4v) is 2.74. The van der Waals surface area contributed by atoms with Crippen LogP contribution < -0.4 is 16.6 Å². The van der Waals surface area contributed by atoms with Crippen LogP contribution in [0.2, 0.25) is 0 Å². The third kappa shape index (κ3) is 3.56. The summed E-state index contributed by atoms with van der Waals surface area (Å²) in [4.78, 5) is 22.0. The number of nitrogens with two attached hydrogens (primary N) is 1. The highest BCUT2D eigenvalue weighted by atomic mass is 32.1. The fraction of sp³-hybridized carbons (Fsp3) is 0.357. The highest BCUT2D eigenvalue weighted by Crippen LogP contribution is 2.21. The molecule has 0 saturated carbocycles. The van der Waals surface area contributed by atoms with E-state index in [1.165, 1.54) is 11.1 Å². The summed E-state index contributed by atoms with van der Waals surface area (Å²) in [5, 5.41) is 3.81. The smallest absolute Gasteiger partial charge is 0.255 e. The lowest BCUT2D eigenvalue weighted by atomic mass is 10.2. The molecule has 2 aromatic heterocycles. The number of aryl methyl sites for hydroxylation is 2. The Morgan fingerprint density at radius 2 is 2.19 bits per heavy atom. The van der Waals surface area contributed by atoms with Crippen molar-refractivity contribution in [1.82, 2.24) is 15.3 Å². The van der Waals surface area contributed by atoms with Gasteiger partial charge in [0.05, 0.1) is 17.3 Å². The maximum atomic E-state index is 12.3. The topological polar surface area (TPSA) is 92.9 Å².